The van der Waals surface area contributed by atoms with Gasteiger partial charge in [-0.15, -0.1) is 0 Å². The smallest absolute Gasteiger partial charge is 0.344 e. The van der Waals surface area contributed by atoms with Gasteiger partial charge in [0.25, 0.3) is 0 Å². The van der Waals surface area contributed by atoms with Crippen LogP contribution in [-0.2, 0) is 25.5 Å². The van der Waals surface area contributed by atoms with E-state index in [1.165, 1.54) is 0 Å². The molecule has 0 saturated carbocycles. The van der Waals surface area contributed by atoms with Crippen LogP contribution in [0.5, 0.6) is 11.5 Å². The van der Waals surface area contributed by atoms with Gasteiger partial charge in [0.05, 0.1) is 13.2 Å². The Balaban J connectivity index is 2.02. The van der Waals surface area contributed by atoms with Gasteiger partial charge in [-0.05, 0) is 24.8 Å². The molecule has 0 aromatic heterocycles. The number of hydrogen-bond acceptors (Lipinski definition) is 6. The van der Waals surface area contributed by atoms with E-state index >= 15 is 0 Å². The molecule has 0 unspecified atom stereocenters. The van der Waals surface area contributed by atoms with Crippen molar-refractivity contribution in [2.75, 3.05) is 26.4 Å². The Hall–Kier alpha value is -3.28. The Morgan fingerprint density at radius 1 is 0.657 bits per heavy atom. The highest BCUT2D eigenvalue weighted by molar-refractivity contribution is 6.12. The van der Waals surface area contributed by atoms with E-state index in [9.17, 15) is 9.59 Å². The van der Waals surface area contributed by atoms with Crippen molar-refractivity contribution < 1.29 is 28.5 Å². The van der Waals surface area contributed by atoms with Crippen LogP contribution in [0, 0.1) is 0 Å². The molecule has 0 spiro atoms. The number of aryl methyl sites for hydroxylation is 1. The van der Waals surface area contributed by atoms with Crippen LogP contribution in [0.3, 0.4) is 0 Å². The molecule has 0 heterocycles. The highest BCUT2D eigenvalue weighted by Crippen LogP contribution is 2.44. The number of hydrogen-bond donors (Lipinski definition) is 0. The van der Waals surface area contributed by atoms with Crippen molar-refractivity contribution in [2.24, 2.45) is 0 Å². The zero-order chi connectivity index (χ0) is 25.0. The predicted octanol–water partition coefficient (Wildman–Crippen LogP) is 6.39. The number of esters is 2. The van der Waals surface area contributed by atoms with Crippen LogP contribution in [-0.4, -0.2) is 38.4 Å². The normalized spacial score (nSPS) is 10.9. The maximum absolute atomic E-state index is 12.3. The molecular formula is C29H36O6. The lowest BCUT2D eigenvalue weighted by atomic mass is 9.95. The summed E-state index contributed by atoms with van der Waals surface area (Å²) in [6.07, 6.45) is 5.35. The fourth-order valence-corrected chi connectivity index (χ4v) is 4.01. The van der Waals surface area contributed by atoms with E-state index in [0.717, 1.165) is 65.6 Å². The first-order valence-corrected chi connectivity index (χ1v) is 12.6. The topological polar surface area (TPSA) is 71.1 Å². The molecule has 0 bridgehead atoms. The first-order chi connectivity index (χ1) is 17.1. The minimum atomic E-state index is -0.393. The lowest BCUT2D eigenvalue weighted by Gasteiger charge is -2.19. The third-order valence-electron chi connectivity index (χ3n) is 5.75. The minimum absolute atomic E-state index is 0.173. The molecule has 35 heavy (non-hydrogen) atoms. The molecule has 0 fully saturated rings. The molecule has 3 aromatic carbocycles. The Morgan fingerprint density at radius 3 is 1.77 bits per heavy atom. The molecule has 6 nitrogen and oxygen atoms in total. The average Bonchev–Trinajstić information content (AvgIpc) is 2.86. The van der Waals surface area contributed by atoms with Gasteiger partial charge in [0, 0.05) is 21.5 Å². The van der Waals surface area contributed by atoms with Gasteiger partial charge < -0.3 is 18.9 Å². The van der Waals surface area contributed by atoms with Crippen molar-refractivity contribution in [1.29, 1.82) is 0 Å². The highest BCUT2D eigenvalue weighted by Gasteiger charge is 2.20. The van der Waals surface area contributed by atoms with E-state index in [1.54, 1.807) is 0 Å². The fraction of sp³-hybridized carbons (Fsp3) is 0.448. The molecule has 6 heteroatoms. The van der Waals surface area contributed by atoms with Gasteiger partial charge in [-0.1, -0.05) is 82.5 Å². The second-order valence-electron chi connectivity index (χ2n) is 8.52. The van der Waals surface area contributed by atoms with Crippen molar-refractivity contribution in [3.05, 3.63) is 48.0 Å². The molecule has 0 amide bonds. The number of rotatable bonds is 14. The van der Waals surface area contributed by atoms with Gasteiger partial charge in [-0.3, -0.25) is 0 Å². The van der Waals surface area contributed by atoms with E-state index in [0.29, 0.717) is 24.7 Å². The standard InChI is InChI=1S/C29H36O6/c1-4-7-17-32-25(30)19-34-28-22-14-9-10-15-23(22)29(35-20-26(31)33-18-8-5-2)27-21(12-6-3)13-11-16-24(27)28/h9-11,13-16H,4-8,12,17-20H2,1-3H3. The maximum Gasteiger partial charge on any atom is 0.344 e. The van der Waals surface area contributed by atoms with E-state index < -0.39 is 5.97 Å². The van der Waals surface area contributed by atoms with Gasteiger partial charge in [0.1, 0.15) is 11.5 Å². The number of ether oxygens (including phenoxy) is 4. The van der Waals surface area contributed by atoms with Crippen LogP contribution in [0.1, 0.15) is 58.4 Å². The van der Waals surface area contributed by atoms with Crippen molar-refractivity contribution in [1.82, 2.24) is 0 Å². The fourth-order valence-electron chi connectivity index (χ4n) is 4.01. The SMILES string of the molecule is CCCCOC(=O)COc1c2ccccc2c(OCC(=O)OCCCC)c2c(CCC)cccc12. The Morgan fingerprint density at radius 2 is 1.20 bits per heavy atom. The molecule has 0 radical (unpaired) electrons. The third-order valence-corrected chi connectivity index (χ3v) is 5.75. The summed E-state index contributed by atoms with van der Waals surface area (Å²) in [6, 6.07) is 13.7. The van der Waals surface area contributed by atoms with E-state index in [2.05, 4.69) is 13.0 Å². The molecule has 0 aliphatic rings. The van der Waals surface area contributed by atoms with Gasteiger partial charge in [0.2, 0.25) is 0 Å². The highest BCUT2D eigenvalue weighted by atomic mass is 16.6. The molecule has 0 N–H and O–H groups in total. The van der Waals surface area contributed by atoms with Crippen LogP contribution in [0.4, 0.5) is 0 Å². The number of carbonyl (C=O) groups is 2. The van der Waals surface area contributed by atoms with Gasteiger partial charge in [0.15, 0.2) is 13.2 Å². The lowest BCUT2D eigenvalue weighted by Crippen LogP contribution is -2.17. The van der Waals surface area contributed by atoms with Crippen molar-refractivity contribution in [3.63, 3.8) is 0 Å². The van der Waals surface area contributed by atoms with E-state index in [-0.39, 0.29) is 19.2 Å². The average molecular weight is 481 g/mol. The molecule has 0 atom stereocenters. The Bertz CT molecular complexity index is 1140. The Labute approximate surface area is 207 Å². The summed E-state index contributed by atoms with van der Waals surface area (Å²) < 4.78 is 22.8. The molecular weight excluding hydrogens is 444 g/mol. The summed E-state index contributed by atoms with van der Waals surface area (Å²) in [5.74, 6) is 0.457. The Kier molecular flexibility index (Phi) is 10.2. The zero-order valence-corrected chi connectivity index (χ0v) is 21.1. The van der Waals surface area contributed by atoms with Gasteiger partial charge >= 0.3 is 11.9 Å². The second-order valence-corrected chi connectivity index (χ2v) is 8.52. The molecule has 3 rings (SSSR count). The molecule has 0 aliphatic heterocycles. The first-order valence-electron chi connectivity index (χ1n) is 12.6. The zero-order valence-electron chi connectivity index (χ0n) is 21.1. The molecule has 0 saturated heterocycles. The van der Waals surface area contributed by atoms with Gasteiger partial charge in [-0.25, -0.2) is 9.59 Å². The second kappa shape index (κ2) is 13.6. The van der Waals surface area contributed by atoms with Crippen molar-refractivity contribution in [2.45, 2.75) is 59.3 Å². The van der Waals surface area contributed by atoms with E-state index in [1.807, 2.05) is 50.2 Å². The minimum Gasteiger partial charge on any atom is -0.481 e. The summed E-state index contributed by atoms with van der Waals surface area (Å²) >= 11 is 0. The maximum atomic E-state index is 12.3. The van der Waals surface area contributed by atoms with Crippen molar-refractivity contribution >= 4 is 33.5 Å². The van der Waals surface area contributed by atoms with Crippen molar-refractivity contribution in [3.8, 4) is 11.5 Å². The molecule has 0 aliphatic carbocycles. The number of benzene rings is 3. The monoisotopic (exact) mass is 480 g/mol. The summed E-state index contributed by atoms with van der Waals surface area (Å²) in [6.45, 7) is 6.65. The van der Waals surface area contributed by atoms with Crippen LogP contribution >= 0.6 is 0 Å². The number of unbranched alkanes of at least 4 members (excludes halogenated alkanes) is 2. The summed E-state index contributed by atoms with van der Waals surface area (Å²) in [5, 5.41) is 3.36. The van der Waals surface area contributed by atoms with Crippen LogP contribution < -0.4 is 9.47 Å². The molecule has 3 aromatic rings. The largest absolute Gasteiger partial charge is 0.481 e. The summed E-state index contributed by atoms with van der Waals surface area (Å²) in [5.41, 5.74) is 1.10. The van der Waals surface area contributed by atoms with E-state index in [4.69, 9.17) is 18.9 Å². The lowest BCUT2D eigenvalue weighted by molar-refractivity contribution is -0.146. The number of fused-ring (bicyclic) bond motifs is 2. The van der Waals surface area contributed by atoms with Gasteiger partial charge in [-0.2, -0.15) is 0 Å². The van der Waals surface area contributed by atoms with Crippen LogP contribution in [0.15, 0.2) is 42.5 Å². The molecule has 188 valence electrons. The quantitative estimate of drug-likeness (QED) is 0.151. The first kappa shape index (κ1) is 26.3. The number of carbonyl (C=O) groups excluding carboxylic acids is 2. The van der Waals surface area contributed by atoms with Crippen LogP contribution in [0.2, 0.25) is 0 Å². The summed E-state index contributed by atoms with van der Waals surface area (Å²) in [7, 11) is 0. The predicted molar refractivity (Wildman–Crippen MR) is 138 cm³/mol. The summed E-state index contributed by atoms with van der Waals surface area (Å²) in [4.78, 5) is 24.6. The van der Waals surface area contributed by atoms with Crippen LogP contribution in [0.25, 0.3) is 21.5 Å². The third kappa shape index (κ3) is 6.87.